The quantitative estimate of drug-likeness (QED) is 0.894. The van der Waals surface area contributed by atoms with Gasteiger partial charge in [0.15, 0.2) is 0 Å². The van der Waals surface area contributed by atoms with E-state index in [1.54, 1.807) is 11.1 Å². The van der Waals surface area contributed by atoms with Gasteiger partial charge >= 0.3 is 0 Å². The summed E-state index contributed by atoms with van der Waals surface area (Å²) in [4.78, 5) is 29.9. The fourth-order valence-corrected chi connectivity index (χ4v) is 2.75. The second-order valence-electron chi connectivity index (χ2n) is 4.80. The topological polar surface area (TPSA) is 62.3 Å². The number of hydrogen-bond acceptors (Lipinski definition) is 4. The molecule has 18 heavy (non-hydrogen) atoms. The highest BCUT2D eigenvalue weighted by atomic mass is 32.1. The zero-order chi connectivity index (χ0) is 13.3. The molecule has 0 aromatic carbocycles. The molecule has 0 saturated carbocycles. The molecule has 1 N–H and O–H groups in total. The molecule has 1 aromatic heterocycles. The Morgan fingerprint density at radius 3 is 2.72 bits per heavy atom. The first-order valence-electron chi connectivity index (χ1n) is 6.00. The van der Waals surface area contributed by atoms with Gasteiger partial charge in [-0.1, -0.05) is 13.8 Å². The number of amides is 2. The summed E-state index contributed by atoms with van der Waals surface area (Å²) in [5.74, 6) is -0.0308. The molecule has 0 spiro atoms. The molecule has 1 aliphatic rings. The van der Waals surface area contributed by atoms with Gasteiger partial charge in [0.1, 0.15) is 17.6 Å². The molecule has 2 heterocycles. The first-order chi connectivity index (χ1) is 8.50. The number of hydrogen-bond donors (Lipinski definition) is 1. The van der Waals surface area contributed by atoms with Crippen LogP contribution >= 0.6 is 11.3 Å². The monoisotopic (exact) mass is 267 g/mol. The molecule has 1 aromatic rings. The van der Waals surface area contributed by atoms with E-state index in [2.05, 4.69) is 10.3 Å². The Morgan fingerprint density at radius 2 is 2.17 bits per heavy atom. The lowest BCUT2D eigenvalue weighted by Gasteiger charge is -2.37. The summed E-state index contributed by atoms with van der Waals surface area (Å²) in [6.45, 7) is 5.89. The fourth-order valence-electron chi connectivity index (χ4n) is 2.05. The lowest BCUT2D eigenvalue weighted by Crippen LogP contribution is -2.60. The van der Waals surface area contributed by atoms with E-state index in [9.17, 15) is 9.59 Å². The van der Waals surface area contributed by atoms with Gasteiger partial charge in [-0.25, -0.2) is 4.98 Å². The zero-order valence-corrected chi connectivity index (χ0v) is 11.5. The van der Waals surface area contributed by atoms with Gasteiger partial charge in [-0.05, 0) is 12.8 Å². The second-order valence-corrected chi connectivity index (χ2v) is 5.73. The van der Waals surface area contributed by atoms with Crippen molar-refractivity contribution in [3.05, 3.63) is 16.6 Å². The fraction of sp³-hybridized carbons (Fsp3) is 0.583. The van der Waals surface area contributed by atoms with Crippen molar-refractivity contribution in [2.24, 2.45) is 5.92 Å². The standard InChI is InChI=1S/C12H17N3O2S/c1-7(2)10-12(17)15(6-9(16)14-10)8(3)11-13-4-5-18-11/h4-5,7-8,10H,6H2,1-3H3,(H,14,16). The van der Waals surface area contributed by atoms with Crippen LogP contribution in [-0.2, 0) is 9.59 Å². The largest absolute Gasteiger partial charge is 0.343 e. The molecule has 2 rings (SSSR count). The van der Waals surface area contributed by atoms with Crippen LogP contribution in [0.1, 0.15) is 31.8 Å². The highest BCUT2D eigenvalue weighted by Crippen LogP contribution is 2.25. The molecule has 1 aliphatic heterocycles. The van der Waals surface area contributed by atoms with Gasteiger partial charge in [-0.3, -0.25) is 9.59 Å². The Kier molecular flexibility index (Phi) is 3.65. The van der Waals surface area contributed by atoms with E-state index in [0.717, 1.165) is 5.01 Å². The number of nitrogens with zero attached hydrogens (tertiary/aromatic N) is 2. The molecule has 6 heteroatoms. The lowest BCUT2D eigenvalue weighted by atomic mass is 10.00. The number of aromatic nitrogens is 1. The Morgan fingerprint density at radius 1 is 1.44 bits per heavy atom. The van der Waals surface area contributed by atoms with Gasteiger partial charge in [-0.2, -0.15) is 0 Å². The molecule has 0 bridgehead atoms. The third-order valence-electron chi connectivity index (χ3n) is 3.12. The minimum absolute atomic E-state index is 0.0210. The Balaban J connectivity index is 2.21. The maximum atomic E-state index is 12.3. The summed E-state index contributed by atoms with van der Waals surface area (Å²) >= 11 is 1.50. The van der Waals surface area contributed by atoms with Crippen LogP contribution in [0.4, 0.5) is 0 Å². The summed E-state index contributed by atoms with van der Waals surface area (Å²) in [6, 6.07) is -0.571. The highest BCUT2D eigenvalue weighted by molar-refractivity contribution is 7.09. The third-order valence-corrected chi connectivity index (χ3v) is 4.07. The van der Waals surface area contributed by atoms with E-state index in [0.29, 0.717) is 0 Å². The van der Waals surface area contributed by atoms with Crippen molar-refractivity contribution < 1.29 is 9.59 Å². The number of piperazine rings is 1. The van der Waals surface area contributed by atoms with Crippen molar-refractivity contribution >= 4 is 23.2 Å². The van der Waals surface area contributed by atoms with E-state index in [1.165, 1.54) is 11.3 Å². The van der Waals surface area contributed by atoms with Crippen molar-refractivity contribution in [1.29, 1.82) is 0 Å². The van der Waals surface area contributed by atoms with Crippen molar-refractivity contribution in [2.75, 3.05) is 6.54 Å². The maximum absolute atomic E-state index is 12.3. The Bertz CT molecular complexity index is 444. The van der Waals surface area contributed by atoms with Gasteiger partial charge in [0, 0.05) is 11.6 Å². The molecule has 5 nitrogen and oxygen atoms in total. The number of carbonyl (C=O) groups excluding carboxylic acids is 2. The van der Waals surface area contributed by atoms with E-state index in [4.69, 9.17) is 0 Å². The van der Waals surface area contributed by atoms with Crippen molar-refractivity contribution in [3.63, 3.8) is 0 Å². The minimum Gasteiger partial charge on any atom is -0.343 e. The summed E-state index contributed by atoms with van der Waals surface area (Å²) < 4.78 is 0. The normalized spacial score (nSPS) is 22.2. The summed E-state index contributed by atoms with van der Waals surface area (Å²) in [5, 5.41) is 5.49. The van der Waals surface area contributed by atoms with E-state index in [-0.39, 0.29) is 30.3 Å². The van der Waals surface area contributed by atoms with Crippen LogP contribution in [0.5, 0.6) is 0 Å². The first kappa shape index (κ1) is 13.0. The Labute approximate surface area is 110 Å². The van der Waals surface area contributed by atoms with E-state index >= 15 is 0 Å². The second kappa shape index (κ2) is 5.06. The Hall–Kier alpha value is -1.43. The van der Waals surface area contributed by atoms with E-state index < -0.39 is 6.04 Å². The predicted octanol–water partition coefficient (Wildman–Crippen LogP) is 1.19. The average molecular weight is 267 g/mol. The smallest absolute Gasteiger partial charge is 0.246 e. The molecule has 98 valence electrons. The molecule has 0 aliphatic carbocycles. The highest BCUT2D eigenvalue weighted by Gasteiger charge is 2.37. The SMILES string of the molecule is CC(C)C1NC(=O)CN(C(C)c2nccs2)C1=O. The molecule has 2 atom stereocenters. The minimum atomic E-state index is -0.423. The van der Waals surface area contributed by atoms with Crippen LogP contribution in [0.15, 0.2) is 11.6 Å². The molecule has 1 saturated heterocycles. The van der Waals surface area contributed by atoms with Gasteiger partial charge in [0.25, 0.3) is 0 Å². The maximum Gasteiger partial charge on any atom is 0.246 e. The van der Waals surface area contributed by atoms with Crippen LogP contribution in [0, 0.1) is 5.92 Å². The third kappa shape index (κ3) is 2.38. The van der Waals surface area contributed by atoms with Crippen LogP contribution in [0.2, 0.25) is 0 Å². The molecule has 0 radical (unpaired) electrons. The lowest BCUT2D eigenvalue weighted by molar-refractivity contribution is -0.147. The number of rotatable bonds is 3. The van der Waals surface area contributed by atoms with E-state index in [1.807, 2.05) is 26.2 Å². The van der Waals surface area contributed by atoms with Crippen LogP contribution in [0.3, 0.4) is 0 Å². The average Bonchev–Trinajstić information content (AvgIpc) is 2.84. The summed E-state index contributed by atoms with van der Waals surface area (Å²) in [6.07, 6.45) is 1.71. The van der Waals surface area contributed by atoms with Gasteiger partial charge in [0.05, 0.1) is 6.04 Å². The van der Waals surface area contributed by atoms with Crippen molar-refractivity contribution in [1.82, 2.24) is 15.2 Å². The molecule has 2 unspecified atom stereocenters. The number of nitrogens with one attached hydrogen (secondary N) is 1. The van der Waals surface area contributed by atoms with Crippen molar-refractivity contribution in [3.8, 4) is 0 Å². The molecule has 2 amide bonds. The summed E-state index contributed by atoms with van der Waals surface area (Å²) in [5.41, 5.74) is 0. The predicted molar refractivity (Wildman–Crippen MR) is 69.0 cm³/mol. The van der Waals surface area contributed by atoms with Crippen molar-refractivity contribution in [2.45, 2.75) is 32.9 Å². The van der Waals surface area contributed by atoms with Crippen LogP contribution < -0.4 is 5.32 Å². The first-order valence-corrected chi connectivity index (χ1v) is 6.88. The number of thiazole rings is 1. The van der Waals surface area contributed by atoms with Crippen LogP contribution in [0.25, 0.3) is 0 Å². The van der Waals surface area contributed by atoms with Gasteiger partial charge in [-0.15, -0.1) is 11.3 Å². The van der Waals surface area contributed by atoms with Gasteiger partial charge < -0.3 is 10.2 Å². The molecular weight excluding hydrogens is 250 g/mol. The zero-order valence-electron chi connectivity index (χ0n) is 10.7. The number of carbonyl (C=O) groups is 2. The van der Waals surface area contributed by atoms with Gasteiger partial charge in [0.2, 0.25) is 11.8 Å². The van der Waals surface area contributed by atoms with Crippen LogP contribution in [-0.4, -0.2) is 34.3 Å². The molecule has 1 fully saturated rings. The summed E-state index contributed by atoms with van der Waals surface area (Å²) in [7, 11) is 0. The molecular formula is C12H17N3O2S.